The van der Waals surface area contributed by atoms with Gasteiger partial charge in [-0.15, -0.1) is 6.58 Å². The van der Waals surface area contributed by atoms with Gasteiger partial charge in [-0.2, -0.15) is 5.10 Å². The van der Waals surface area contributed by atoms with Crippen LogP contribution in [0.3, 0.4) is 0 Å². The zero-order chi connectivity index (χ0) is 10.5. The van der Waals surface area contributed by atoms with Gasteiger partial charge in [0.15, 0.2) is 0 Å². The van der Waals surface area contributed by atoms with E-state index in [1.807, 2.05) is 23.0 Å². The van der Waals surface area contributed by atoms with E-state index in [4.69, 9.17) is 0 Å². The van der Waals surface area contributed by atoms with Crippen LogP contribution in [0.25, 0.3) is 0 Å². The molecule has 2 rings (SSSR count). The Morgan fingerprint density at radius 2 is 2.00 bits per heavy atom. The van der Waals surface area contributed by atoms with Crippen LogP contribution in [-0.4, -0.2) is 9.78 Å². The highest BCUT2D eigenvalue weighted by molar-refractivity contribution is 5.22. The second-order valence-electron chi connectivity index (χ2n) is 3.52. The molecule has 0 atom stereocenters. The Morgan fingerprint density at radius 1 is 1.20 bits per heavy atom. The molecule has 0 amide bonds. The van der Waals surface area contributed by atoms with Crippen LogP contribution in [0.15, 0.2) is 55.4 Å². The van der Waals surface area contributed by atoms with Gasteiger partial charge in [0.05, 0.1) is 12.7 Å². The largest absolute Gasteiger partial charge is 0.269 e. The van der Waals surface area contributed by atoms with E-state index in [0.29, 0.717) is 0 Å². The molecular weight excluding hydrogens is 184 g/mol. The Kier molecular flexibility index (Phi) is 2.98. The molecule has 0 saturated heterocycles. The van der Waals surface area contributed by atoms with Crippen molar-refractivity contribution in [2.75, 3.05) is 0 Å². The maximum Gasteiger partial charge on any atom is 0.0587 e. The van der Waals surface area contributed by atoms with Crippen LogP contribution in [0.5, 0.6) is 0 Å². The number of nitrogens with zero attached hydrogens (tertiary/aromatic N) is 2. The van der Waals surface area contributed by atoms with Crippen molar-refractivity contribution < 1.29 is 0 Å². The van der Waals surface area contributed by atoms with Gasteiger partial charge in [0, 0.05) is 12.6 Å². The summed E-state index contributed by atoms with van der Waals surface area (Å²) in [5.74, 6) is 0. The highest BCUT2D eigenvalue weighted by Gasteiger charge is 1.98. The lowest BCUT2D eigenvalue weighted by molar-refractivity contribution is 0.702. The lowest BCUT2D eigenvalue weighted by atomic mass is 10.1. The van der Waals surface area contributed by atoms with Crippen molar-refractivity contribution in [1.29, 1.82) is 0 Å². The summed E-state index contributed by atoms with van der Waals surface area (Å²) in [5, 5.41) is 4.25. The predicted octanol–water partition coefficient (Wildman–Crippen LogP) is 2.66. The second kappa shape index (κ2) is 4.60. The average molecular weight is 198 g/mol. The minimum Gasteiger partial charge on any atom is -0.269 e. The predicted molar refractivity (Wildman–Crippen MR) is 61.7 cm³/mol. The molecule has 0 unspecified atom stereocenters. The molecular formula is C13H14N2. The molecule has 0 radical (unpaired) electrons. The molecule has 0 spiro atoms. The van der Waals surface area contributed by atoms with Crippen LogP contribution in [0.1, 0.15) is 11.1 Å². The van der Waals surface area contributed by atoms with Crippen LogP contribution in [0.2, 0.25) is 0 Å². The molecule has 2 heteroatoms. The van der Waals surface area contributed by atoms with Crippen molar-refractivity contribution in [3.05, 3.63) is 66.5 Å². The zero-order valence-corrected chi connectivity index (χ0v) is 8.63. The Balaban J connectivity index is 2.08. The third-order valence-electron chi connectivity index (χ3n) is 2.25. The fourth-order valence-electron chi connectivity index (χ4n) is 1.56. The number of hydrogen-bond donors (Lipinski definition) is 0. The Labute approximate surface area is 89.9 Å². The molecule has 1 heterocycles. The highest BCUT2D eigenvalue weighted by atomic mass is 15.3. The van der Waals surface area contributed by atoms with Gasteiger partial charge < -0.3 is 0 Å². The van der Waals surface area contributed by atoms with Crippen LogP contribution in [0, 0.1) is 0 Å². The van der Waals surface area contributed by atoms with Gasteiger partial charge in [0.2, 0.25) is 0 Å². The second-order valence-corrected chi connectivity index (χ2v) is 3.52. The van der Waals surface area contributed by atoms with E-state index in [2.05, 4.69) is 42.1 Å². The SMILES string of the molecule is C=CCn1cc(Cc2ccccc2)cn1. The van der Waals surface area contributed by atoms with Gasteiger partial charge in [-0.05, 0) is 11.1 Å². The number of hydrogen-bond acceptors (Lipinski definition) is 1. The fraction of sp³-hybridized carbons (Fsp3) is 0.154. The first kappa shape index (κ1) is 9.71. The lowest BCUT2D eigenvalue weighted by Gasteiger charge is -1.97. The first-order valence-electron chi connectivity index (χ1n) is 5.04. The van der Waals surface area contributed by atoms with Gasteiger partial charge in [0.25, 0.3) is 0 Å². The summed E-state index contributed by atoms with van der Waals surface area (Å²) in [7, 11) is 0. The smallest absolute Gasteiger partial charge is 0.0587 e. The van der Waals surface area contributed by atoms with Gasteiger partial charge in [-0.3, -0.25) is 4.68 Å². The van der Waals surface area contributed by atoms with Crippen molar-refractivity contribution in [1.82, 2.24) is 9.78 Å². The normalized spacial score (nSPS) is 10.1. The minimum absolute atomic E-state index is 0.773. The molecule has 0 fully saturated rings. The third-order valence-corrected chi connectivity index (χ3v) is 2.25. The molecule has 0 aliphatic rings. The van der Waals surface area contributed by atoms with Gasteiger partial charge in [-0.1, -0.05) is 36.4 Å². The number of allylic oxidation sites excluding steroid dienone is 1. The van der Waals surface area contributed by atoms with Crippen molar-refractivity contribution in [3.8, 4) is 0 Å². The summed E-state index contributed by atoms with van der Waals surface area (Å²) >= 11 is 0. The lowest BCUT2D eigenvalue weighted by Crippen LogP contribution is -1.93. The summed E-state index contributed by atoms with van der Waals surface area (Å²) in [6.07, 6.45) is 6.77. The first-order chi connectivity index (χ1) is 7.38. The van der Waals surface area contributed by atoms with E-state index in [1.54, 1.807) is 0 Å². The van der Waals surface area contributed by atoms with Crippen LogP contribution < -0.4 is 0 Å². The van der Waals surface area contributed by atoms with E-state index in [-0.39, 0.29) is 0 Å². The standard InChI is InChI=1S/C13H14N2/c1-2-8-15-11-13(10-14-15)9-12-6-4-3-5-7-12/h2-7,10-11H,1,8-9H2. The number of rotatable bonds is 4. The fourth-order valence-corrected chi connectivity index (χ4v) is 1.56. The maximum atomic E-state index is 4.25. The summed E-state index contributed by atoms with van der Waals surface area (Å²) in [4.78, 5) is 0. The van der Waals surface area contributed by atoms with E-state index in [1.165, 1.54) is 11.1 Å². The molecule has 0 N–H and O–H groups in total. The maximum absolute atomic E-state index is 4.25. The Bertz CT molecular complexity index is 429. The summed E-state index contributed by atoms with van der Waals surface area (Å²) in [5.41, 5.74) is 2.55. The molecule has 0 aliphatic heterocycles. The van der Waals surface area contributed by atoms with Gasteiger partial charge in [0.1, 0.15) is 0 Å². The molecule has 1 aromatic heterocycles. The first-order valence-corrected chi connectivity index (χ1v) is 5.04. The summed E-state index contributed by atoms with van der Waals surface area (Å²) in [6, 6.07) is 10.4. The van der Waals surface area contributed by atoms with Crippen molar-refractivity contribution >= 4 is 0 Å². The van der Waals surface area contributed by atoms with Crippen molar-refractivity contribution in [2.45, 2.75) is 13.0 Å². The number of benzene rings is 1. The van der Waals surface area contributed by atoms with Crippen molar-refractivity contribution in [3.63, 3.8) is 0 Å². The molecule has 15 heavy (non-hydrogen) atoms. The molecule has 2 nitrogen and oxygen atoms in total. The van der Waals surface area contributed by atoms with Gasteiger partial charge in [-0.25, -0.2) is 0 Å². The third kappa shape index (κ3) is 2.56. The summed E-state index contributed by atoms with van der Waals surface area (Å²) in [6.45, 7) is 4.46. The van der Waals surface area contributed by atoms with E-state index in [0.717, 1.165) is 13.0 Å². The van der Waals surface area contributed by atoms with Crippen LogP contribution >= 0.6 is 0 Å². The van der Waals surface area contributed by atoms with Gasteiger partial charge >= 0.3 is 0 Å². The van der Waals surface area contributed by atoms with Crippen LogP contribution in [0.4, 0.5) is 0 Å². The Morgan fingerprint density at radius 3 is 2.73 bits per heavy atom. The quantitative estimate of drug-likeness (QED) is 0.691. The van der Waals surface area contributed by atoms with E-state index >= 15 is 0 Å². The highest BCUT2D eigenvalue weighted by Crippen LogP contribution is 2.07. The average Bonchev–Trinajstić information content (AvgIpc) is 2.68. The van der Waals surface area contributed by atoms with E-state index < -0.39 is 0 Å². The molecule has 0 aliphatic carbocycles. The van der Waals surface area contributed by atoms with Crippen molar-refractivity contribution in [2.24, 2.45) is 0 Å². The molecule has 2 aromatic rings. The molecule has 0 bridgehead atoms. The van der Waals surface area contributed by atoms with E-state index in [9.17, 15) is 0 Å². The molecule has 0 saturated carbocycles. The molecule has 1 aromatic carbocycles. The monoisotopic (exact) mass is 198 g/mol. The molecule has 76 valence electrons. The zero-order valence-electron chi connectivity index (χ0n) is 8.63. The van der Waals surface area contributed by atoms with Crippen LogP contribution in [-0.2, 0) is 13.0 Å². The Hall–Kier alpha value is -1.83. The summed E-state index contributed by atoms with van der Waals surface area (Å²) < 4.78 is 1.89. The topological polar surface area (TPSA) is 17.8 Å². The minimum atomic E-state index is 0.773. The number of aromatic nitrogens is 2.